The second kappa shape index (κ2) is 5.21. The molecule has 0 unspecified atom stereocenters. The van der Waals surface area contributed by atoms with Gasteiger partial charge in [0.15, 0.2) is 0 Å². The number of primary amides is 1. The van der Waals surface area contributed by atoms with Crippen molar-refractivity contribution >= 4 is 43.9 Å². The van der Waals surface area contributed by atoms with Gasteiger partial charge in [-0.15, -0.1) is 11.3 Å². The normalized spacial score (nSPS) is 11.2. The van der Waals surface area contributed by atoms with Crippen molar-refractivity contribution in [2.24, 2.45) is 5.73 Å². The molecule has 4 aromatic rings. The van der Waals surface area contributed by atoms with Gasteiger partial charge < -0.3 is 11.5 Å². The summed E-state index contributed by atoms with van der Waals surface area (Å²) < 4.78 is 1.59. The van der Waals surface area contributed by atoms with Crippen molar-refractivity contribution in [2.45, 2.75) is 0 Å². The quantitative estimate of drug-likeness (QED) is 0.590. The molecule has 0 aliphatic rings. The molecule has 24 heavy (non-hydrogen) atoms. The molecular weight excluding hydrogens is 322 g/mol. The summed E-state index contributed by atoms with van der Waals surface area (Å²) in [5, 5.41) is 1.97. The number of hydrogen-bond donors (Lipinski definition) is 2. The molecule has 2 aromatic carbocycles. The first-order chi connectivity index (χ1) is 11.6. The highest BCUT2D eigenvalue weighted by Gasteiger charge is 2.21. The Morgan fingerprint density at radius 2 is 1.58 bits per heavy atom. The molecule has 5 nitrogen and oxygen atoms in total. The van der Waals surface area contributed by atoms with E-state index in [0.29, 0.717) is 21.3 Å². The third kappa shape index (κ3) is 1.93. The lowest BCUT2D eigenvalue weighted by molar-refractivity contribution is 0.100. The lowest BCUT2D eigenvalue weighted by Crippen LogP contribution is -2.18. The zero-order chi connectivity index (χ0) is 16.8. The molecule has 2 heterocycles. The minimum atomic E-state index is -0.593. The number of aromatic nitrogens is 1. The van der Waals surface area contributed by atoms with Gasteiger partial charge in [0.05, 0.1) is 11.4 Å². The molecule has 0 saturated carbocycles. The Labute approximate surface area is 140 Å². The molecule has 118 valence electrons. The maximum absolute atomic E-state index is 13.0. The number of anilines is 1. The number of rotatable bonds is 2. The molecule has 6 heteroatoms. The maximum Gasteiger partial charge on any atom is 0.264 e. The molecule has 0 radical (unpaired) electrons. The number of pyridine rings is 1. The monoisotopic (exact) mass is 335 g/mol. The third-order valence-corrected chi connectivity index (χ3v) is 5.20. The Morgan fingerprint density at radius 3 is 2.25 bits per heavy atom. The largest absolute Gasteiger partial charge is 0.397 e. The van der Waals surface area contributed by atoms with Crippen LogP contribution in [0.2, 0.25) is 0 Å². The van der Waals surface area contributed by atoms with Gasteiger partial charge in [0, 0.05) is 10.8 Å². The van der Waals surface area contributed by atoms with E-state index in [2.05, 4.69) is 0 Å². The lowest BCUT2D eigenvalue weighted by Gasteiger charge is -2.10. The van der Waals surface area contributed by atoms with E-state index >= 15 is 0 Å². The fourth-order valence-corrected chi connectivity index (χ4v) is 4.05. The van der Waals surface area contributed by atoms with Crippen molar-refractivity contribution in [3.8, 4) is 5.69 Å². The first-order valence-electron chi connectivity index (χ1n) is 7.30. The average Bonchev–Trinajstić information content (AvgIpc) is 2.94. The van der Waals surface area contributed by atoms with Gasteiger partial charge >= 0.3 is 0 Å². The molecule has 0 aliphatic heterocycles. The lowest BCUT2D eigenvalue weighted by atomic mass is 10.1. The van der Waals surface area contributed by atoms with Crippen LogP contribution in [-0.2, 0) is 0 Å². The Balaban J connectivity index is 2.30. The van der Waals surface area contributed by atoms with Crippen molar-refractivity contribution < 1.29 is 4.79 Å². The summed E-state index contributed by atoms with van der Waals surface area (Å²) in [4.78, 5) is 25.7. The highest BCUT2D eigenvalue weighted by atomic mass is 32.1. The third-order valence-electron chi connectivity index (χ3n) is 4.00. The zero-order valence-corrected chi connectivity index (χ0v) is 13.3. The highest BCUT2D eigenvalue weighted by Crippen LogP contribution is 2.37. The van der Waals surface area contributed by atoms with E-state index in [9.17, 15) is 9.59 Å². The van der Waals surface area contributed by atoms with Crippen LogP contribution < -0.4 is 17.0 Å². The number of nitrogens with two attached hydrogens (primary N) is 2. The van der Waals surface area contributed by atoms with Crippen LogP contribution in [0.5, 0.6) is 0 Å². The predicted octanol–water partition coefficient (Wildman–Crippen LogP) is 2.89. The molecule has 0 aliphatic carbocycles. The Hall–Kier alpha value is -3.12. The number of para-hydroxylation sites is 1. The number of nitrogens with zero attached hydrogens (tertiary/aromatic N) is 1. The van der Waals surface area contributed by atoms with Gasteiger partial charge in [-0.05, 0) is 23.6 Å². The summed E-state index contributed by atoms with van der Waals surface area (Å²) >= 11 is 1.15. The van der Waals surface area contributed by atoms with E-state index in [-0.39, 0.29) is 10.4 Å². The number of fused-ring (bicyclic) bond motifs is 3. The van der Waals surface area contributed by atoms with Crippen molar-refractivity contribution in [1.29, 1.82) is 0 Å². The van der Waals surface area contributed by atoms with Crippen LogP contribution >= 0.6 is 11.3 Å². The highest BCUT2D eigenvalue weighted by molar-refractivity contribution is 7.21. The predicted molar refractivity (Wildman–Crippen MR) is 97.9 cm³/mol. The topological polar surface area (TPSA) is 91.1 Å². The van der Waals surface area contributed by atoms with Crippen molar-refractivity contribution in [3.63, 3.8) is 0 Å². The minimum Gasteiger partial charge on any atom is -0.397 e. The molecule has 4 N–H and O–H groups in total. The van der Waals surface area contributed by atoms with Crippen LogP contribution in [0.25, 0.3) is 26.7 Å². The van der Waals surface area contributed by atoms with E-state index in [1.807, 2.05) is 48.5 Å². The van der Waals surface area contributed by atoms with Gasteiger partial charge in [0.1, 0.15) is 9.71 Å². The number of benzene rings is 2. The number of carbonyl (C=O) groups is 1. The summed E-state index contributed by atoms with van der Waals surface area (Å²) in [6.45, 7) is 0. The van der Waals surface area contributed by atoms with Gasteiger partial charge in [-0.25, -0.2) is 0 Å². The van der Waals surface area contributed by atoms with E-state index < -0.39 is 5.91 Å². The molecule has 0 spiro atoms. The summed E-state index contributed by atoms with van der Waals surface area (Å²) in [7, 11) is 0. The molecule has 1 amide bonds. The second-order valence-electron chi connectivity index (χ2n) is 5.41. The van der Waals surface area contributed by atoms with Gasteiger partial charge in [0.2, 0.25) is 0 Å². The molecule has 0 saturated heterocycles. The minimum absolute atomic E-state index is 0.151. The Kier molecular flexibility index (Phi) is 3.14. The van der Waals surface area contributed by atoms with E-state index in [0.717, 1.165) is 22.4 Å². The van der Waals surface area contributed by atoms with Crippen LogP contribution in [0.3, 0.4) is 0 Å². The number of carbonyl (C=O) groups excluding carboxylic acids is 1. The SMILES string of the molecule is NC(=O)c1sc2c(c1N)c1ccccc1c(=O)n2-c1ccccc1. The van der Waals surface area contributed by atoms with E-state index in [4.69, 9.17) is 11.5 Å². The van der Waals surface area contributed by atoms with Gasteiger partial charge in [-0.1, -0.05) is 36.4 Å². The van der Waals surface area contributed by atoms with E-state index in [1.54, 1.807) is 10.6 Å². The van der Waals surface area contributed by atoms with Gasteiger partial charge in [0.25, 0.3) is 11.5 Å². The summed E-state index contributed by atoms with van der Waals surface area (Å²) in [5.41, 5.74) is 12.5. The number of amides is 1. The van der Waals surface area contributed by atoms with Crippen LogP contribution in [0, 0.1) is 0 Å². The molecule has 2 aromatic heterocycles. The fourth-order valence-electron chi connectivity index (χ4n) is 2.94. The van der Waals surface area contributed by atoms with Crippen molar-refractivity contribution in [2.75, 3.05) is 5.73 Å². The van der Waals surface area contributed by atoms with Crippen molar-refractivity contribution in [1.82, 2.24) is 4.57 Å². The Morgan fingerprint density at radius 1 is 0.958 bits per heavy atom. The van der Waals surface area contributed by atoms with Gasteiger partial charge in [-0.3, -0.25) is 14.2 Å². The standard InChI is InChI=1S/C18H13N3O2S/c19-14-13-11-8-4-5-9-12(11)17(23)21(10-6-2-1-3-7-10)18(13)24-15(14)16(20)22/h1-9H,19H2,(H2,20,22). The van der Waals surface area contributed by atoms with Crippen LogP contribution in [0.4, 0.5) is 5.69 Å². The summed E-state index contributed by atoms with van der Waals surface area (Å²) in [5.74, 6) is -0.593. The van der Waals surface area contributed by atoms with Crippen LogP contribution in [0.15, 0.2) is 59.4 Å². The molecule has 0 bridgehead atoms. The molecule has 4 rings (SSSR count). The van der Waals surface area contributed by atoms with Crippen molar-refractivity contribution in [3.05, 3.63) is 69.8 Å². The van der Waals surface area contributed by atoms with E-state index in [1.165, 1.54) is 0 Å². The van der Waals surface area contributed by atoms with Crippen LogP contribution in [0.1, 0.15) is 9.67 Å². The molecule has 0 fully saturated rings. The first kappa shape index (κ1) is 14.5. The first-order valence-corrected chi connectivity index (χ1v) is 8.12. The zero-order valence-electron chi connectivity index (χ0n) is 12.5. The van der Waals surface area contributed by atoms with Crippen LogP contribution in [-0.4, -0.2) is 10.5 Å². The molecule has 0 atom stereocenters. The van der Waals surface area contributed by atoms with Gasteiger partial charge in [-0.2, -0.15) is 0 Å². The Bertz CT molecular complexity index is 1160. The smallest absolute Gasteiger partial charge is 0.264 e. The number of thiophene rings is 1. The number of nitrogen functional groups attached to an aromatic ring is 1. The summed E-state index contributed by atoms with van der Waals surface area (Å²) in [6, 6.07) is 16.5. The second-order valence-corrected chi connectivity index (χ2v) is 6.41. The molecular formula is C18H13N3O2S. The number of hydrogen-bond acceptors (Lipinski definition) is 4. The maximum atomic E-state index is 13.0. The average molecular weight is 335 g/mol. The fraction of sp³-hybridized carbons (Fsp3) is 0. The summed E-state index contributed by atoms with van der Waals surface area (Å²) in [6.07, 6.45) is 0.